The Morgan fingerprint density at radius 2 is 2.42 bits per heavy atom. The van der Waals surface area contributed by atoms with E-state index >= 15 is 0 Å². The van der Waals surface area contributed by atoms with Crippen molar-refractivity contribution in [3.63, 3.8) is 0 Å². The summed E-state index contributed by atoms with van der Waals surface area (Å²) in [5.41, 5.74) is 1.94. The van der Waals surface area contributed by atoms with Crippen LogP contribution in [0.3, 0.4) is 0 Å². The lowest BCUT2D eigenvalue weighted by molar-refractivity contribution is 1.32. The Morgan fingerprint density at radius 3 is 3.17 bits per heavy atom. The molecule has 0 unspecified atom stereocenters. The van der Waals surface area contributed by atoms with Gasteiger partial charge in [-0.05, 0) is 18.1 Å². The SMILES string of the molecule is C[CH]c1c[nH]c2nccc(Cl)c12. The zero-order valence-corrected chi connectivity index (χ0v) is 7.39. The van der Waals surface area contributed by atoms with Crippen LogP contribution in [0.5, 0.6) is 0 Å². The minimum atomic E-state index is 0.745. The van der Waals surface area contributed by atoms with Gasteiger partial charge in [0.25, 0.3) is 0 Å². The smallest absolute Gasteiger partial charge is 0.139 e. The third-order valence-electron chi connectivity index (χ3n) is 1.86. The molecule has 0 fully saturated rings. The molecule has 61 valence electrons. The molecule has 12 heavy (non-hydrogen) atoms. The van der Waals surface area contributed by atoms with Crippen LogP contribution in [-0.2, 0) is 0 Å². The number of aromatic amines is 1. The fraction of sp³-hybridized carbons (Fsp3) is 0.111. The van der Waals surface area contributed by atoms with Crippen LogP contribution < -0.4 is 0 Å². The second-order valence-corrected chi connectivity index (χ2v) is 2.96. The van der Waals surface area contributed by atoms with E-state index in [1.54, 1.807) is 12.3 Å². The zero-order chi connectivity index (χ0) is 8.55. The molecule has 0 amide bonds. The van der Waals surface area contributed by atoms with Crippen molar-refractivity contribution in [2.75, 3.05) is 0 Å². The van der Waals surface area contributed by atoms with E-state index < -0.39 is 0 Å². The van der Waals surface area contributed by atoms with Crippen LogP contribution in [0.2, 0.25) is 5.02 Å². The van der Waals surface area contributed by atoms with Crippen LogP contribution in [-0.4, -0.2) is 9.97 Å². The van der Waals surface area contributed by atoms with Crippen molar-refractivity contribution in [2.24, 2.45) is 0 Å². The van der Waals surface area contributed by atoms with Gasteiger partial charge in [-0.2, -0.15) is 0 Å². The first kappa shape index (κ1) is 7.62. The van der Waals surface area contributed by atoms with Crippen molar-refractivity contribution in [1.29, 1.82) is 0 Å². The number of aromatic nitrogens is 2. The molecule has 0 spiro atoms. The Balaban J connectivity index is 2.83. The molecule has 2 aromatic heterocycles. The van der Waals surface area contributed by atoms with E-state index in [0.29, 0.717) is 0 Å². The van der Waals surface area contributed by atoms with E-state index in [4.69, 9.17) is 11.6 Å². The Bertz CT molecular complexity index is 406. The second kappa shape index (κ2) is 2.79. The highest BCUT2D eigenvalue weighted by Gasteiger charge is 2.05. The Labute approximate surface area is 75.6 Å². The van der Waals surface area contributed by atoms with Gasteiger partial charge in [0.15, 0.2) is 0 Å². The summed E-state index contributed by atoms with van der Waals surface area (Å²) in [5.74, 6) is 0. The highest BCUT2D eigenvalue weighted by Crippen LogP contribution is 2.25. The van der Waals surface area contributed by atoms with Crippen molar-refractivity contribution in [3.8, 4) is 0 Å². The van der Waals surface area contributed by atoms with Gasteiger partial charge in [-0.25, -0.2) is 4.98 Å². The molecule has 2 nitrogen and oxygen atoms in total. The summed E-state index contributed by atoms with van der Waals surface area (Å²) >= 11 is 6.00. The van der Waals surface area contributed by atoms with Crippen LogP contribution in [0.1, 0.15) is 12.5 Å². The topological polar surface area (TPSA) is 28.7 Å². The molecule has 0 aliphatic rings. The highest BCUT2D eigenvalue weighted by molar-refractivity contribution is 6.35. The molecule has 0 saturated heterocycles. The fourth-order valence-electron chi connectivity index (χ4n) is 1.27. The van der Waals surface area contributed by atoms with E-state index in [-0.39, 0.29) is 0 Å². The van der Waals surface area contributed by atoms with E-state index in [1.807, 2.05) is 19.5 Å². The zero-order valence-electron chi connectivity index (χ0n) is 6.63. The largest absolute Gasteiger partial charge is 0.346 e. The summed E-state index contributed by atoms with van der Waals surface area (Å²) in [6.07, 6.45) is 5.61. The first-order valence-corrected chi connectivity index (χ1v) is 4.11. The second-order valence-electron chi connectivity index (χ2n) is 2.55. The Kier molecular flexibility index (Phi) is 1.77. The third kappa shape index (κ3) is 0.994. The molecule has 2 rings (SSSR count). The molecular formula is C9H8ClN2. The number of hydrogen-bond donors (Lipinski definition) is 1. The predicted octanol–water partition coefficient (Wildman–Crippen LogP) is 2.79. The number of nitrogens with one attached hydrogen (secondary N) is 1. The number of fused-ring (bicyclic) bond motifs is 1. The van der Waals surface area contributed by atoms with Crippen molar-refractivity contribution in [1.82, 2.24) is 9.97 Å². The van der Waals surface area contributed by atoms with E-state index in [0.717, 1.165) is 21.6 Å². The van der Waals surface area contributed by atoms with Gasteiger partial charge in [0, 0.05) is 17.8 Å². The number of hydrogen-bond acceptors (Lipinski definition) is 1. The molecule has 0 bridgehead atoms. The number of H-pyrrole nitrogens is 1. The van der Waals surface area contributed by atoms with Gasteiger partial charge in [-0.3, -0.25) is 0 Å². The average Bonchev–Trinajstić information content (AvgIpc) is 2.49. The number of nitrogens with zero attached hydrogens (tertiary/aromatic N) is 1. The van der Waals surface area contributed by atoms with Gasteiger partial charge < -0.3 is 4.98 Å². The minimum absolute atomic E-state index is 0.745. The molecule has 3 heteroatoms. The molecule has 0 aliphatic heterocycles. The molecule has 0 aliphatic carbocycles. The maximum atomic E-state index is 6.00. The summed E-state index contributed by atoms with van der Waals surface area (Å²) < 4.78 is 0. The molecular weight excluding hydrogens is 172 g/mol. The van der Waals surface area contributed by atoms with Crippen LogP contribution in [0.4, 0.5) is 0 Å². The van der Waals surface area contributed by atoms with Gasteiger partial charge in [0.2, 0.25) is 0 Å². The maximum Gasteiger partial charge on any atom is 0.139 e. The first-order valence-electron chi connectivity index (χ1n) is 3.74. The molecule has 0 aromatic carbocycles. The van der Waals surface area contributed by atoms with Crippen molar-refractivity contribution in [2.45, 2.75) is 6.92 Å². The molecule has 0 saturated carbocycles. The van der Waals surface area contributed by atoms with Crippen LogP contribution in [0.15, 0.2) is 18.5 Å². The lowest BCUT2D eigenvalue weighted by Crippen LogP contribution is -1.77. The molecule has 1 radical (unpaired) electrons. The summed E-state index contributed by atoms with van der Waals surface area (Å²) in [4.78, 5) is 7.20. The monoisotopic (exact) mass is 179 g/mol. The Morgan fingerprint density at radius 1 is 1.58 bits per heavy atom. The summed E-state index contributed by atoms with van der Waals surface area (Å²) in [6.45, 7) is 1.98. The van der Waals surface area contributed by atoms with Crippen LogP contribution >= 0.6 is 11.6 Å². The van der Waals surface area contributed by atoms with E-state index in [9.17, 15) is 0 Å². The van der Waals surface area contributed by atoms with Crippen LogP contribution in [0.25, 0.3) is 11.0 Å². The number of rotatable bonds is 1. The van der Waals surface area contributed by atoms with E-state index in [1.165, 1.54) is 0 Å². The van der Waals surface area contributed by atoms with Crippen molar-refractivity contribution in [3.05, 3.63) is 35.5 Å². The maximum absolute atomic E-state index is 6.00. The molecule has 1 N–H and O–H groups in total. The average molecular weight is 180 g/mol. The van der Waals surface area contributed by atoms with Crippen LogP contribution in [0, 0.1) is 6.42 Å². The van der Waals surface area contributed by atoms with Gasteiger partial charge in [-0.1, -0.05) is 18.5 Å². The van der Waals surface area contributed by atoms with Gasteiger partial charge >= 0.3 is 0 Å². The van der Waals surface area contributed by atoms with Gasteiger partial charge in [0.05, 0.1) is 5.02 Å². The fourth-order valence-corrected chi connectivity index (χ4v) is 1.52. The predicted molar refractivity (Wildman–Crippen MR) is 50.2 cm³/mol. The van der Waals surface area contributed by atoms with Crippen molar-refractivity contribution < 1.29 is 0 Å². The van der Waals surface area contributed by atoms with Crippen molar-refractivity contribution >= 4 is 22.6 Å². The number of pyridine rings is 1. The molecule has 2 aromatic rings. The first-order chi connectivity index (χ1) is 5.83. The normalized spacial score (nSPS) is 10.8. The standard InChI is InChI=1S/C9H8ClN2/c1-2-6-5-12-9-8(6)7(10)3-4-11-9/h2-5H,1H3,(H,11,12). The summed E-state index contributed by atoms with van der Waals surface area (Å²) in [5, 5.41) is 1.75. The quantitative estimate of drug-likeness (QED) is 0.717. The van der Waals surface area contributed by atoms with E-state index in [2.05, 4.69) is 9.97 Å². The lowest BCUT2D eigenvalue weighted by atomic mass is 10.2. The third-order valence-corrected chi connectivity index (χ3v) is 2.18. The minimum Gasteiger partial charge on any atom is -0.346 e. The lowest BCUT2D eigenvalue weighted by Gasteiger charge is -1.94. The Hall–Kier alpha value is -1.02. The summed E-state index contributed by atoms with van der Waals surface area (Å²) in [7, 11) is 0. The number of halogens is 1. The van der Waals surface area contributed by atoms with Gasteiger partial charge in [-0.15, -0.1) is 0 Å². The highest BCUT2D eigenvalue weighted by atomic mass is 35.5. The molecule has 0 atom stereocenters. The summed E-state index contributed by atoms with van der Waals surface area (Å²) in [6, 6.07) is 1.80. The van der Waals surface area contributed by atoms with Gasteiger partial charge in [0.1, 0.15) is 5.65 Å². The molecule has 2 heterocycles.